The highest BCUT2D eigenvalue weighted by atomic mass is 16.5. The third-order valence-electron chi connectivity index (χ3n) is 6.38. The van der Waals surface area contributed by atoms with Gasteiger partial charge in [0.05, 0.1) is 18.8 Å². The topological polar surface area (TPSA) is 67.6 Å². The van der Waals surface area contributed by atoms with Crippen LogP contribution in [0.2, 0.25) is 0 Å². The molecule has 5 rings (SSSR count). The highest BCUT2D eigenvalue weighted by Crippen LogP contribution is 2.47. The fraction of sp³-hybridized carbons (Fsp3) is 0.571. The van der Waals surface area contributed by atoms with E-state index in [0.717, 1.165) is 42.8 Å². The van der Waals surface area contributed by atoms with E-state index in [9.17, 15) is 0 Å². The second kappa shape index (κ2) is 7.20. The van der Waals surface area contributed by atoms with E-state index in [1.807, 2.05) is 30.0 Å². The summed E-state index contributed by atoms with van der Waals surface area (Å²) < 4.78 is 8.09. The molecule has 4 atom stereocenters. The van der Waals surface area contributed by atoms with Crippen LogP contribution >= 0.6 is 0 Å². The van der Waals surface area contributed by atoms with Crippen molar-refractivity contribution >= 4 is 5.96 Å². The van der Waals surface area contributed by atoms with Crippen molar-refractivity contribution in [3.63, 3.8) is 0 Å². The first-order valence-electron chi connectivity index (χ1n) is 10.4. The first-order valence-corrected chi connectivity index (χ1v) is 10.4. The summed E-state index contributed by atoms with van der Waals surface area (Å²) in [4.78, 5) is 16.2. The van der Waals surface area contributed by atoms with Crippen LogP contribution in [0, 0.1) is 18.8 Å². The molecule has 2 aromatic rings. The van der Waals surface area contributed by atoms with E-state index in [2.05, 4.69) is 33.2 Å². The van der Waals surface area contributed by atoms with Crippen molar-refractivity contribution in [2.75, 3.05) is 19.6 Å². The maximum Gasteiger partial charge on any atom is 0.194 e. The van der Waals surface area contributed by atoms with Crippen molar-refractivity contribution in [2.24, 2.45) is 16.8 Å². The molecule has 0 spiro atoms. The van der Waals surface area contributed by atoms with E-state index >= 15 is 0 Å². The average Bonchev–Trinajstić information content (AvgIpc) is 3.47. The number of nitrogens with zero attached hydrogens (tertiary/aromatic N) is 5. The first kappa shape index (κ1) is 17.7. The van der Waals surface area contributed by atoms with Gasteiger partial charge in [0.1, 0.15) is 11.6 Å². The van der Waals surface area contributed by atoms with Gasteiger partial charge in [-0.15, -0.1) is 0 Å². The third kappa shape index (κ3) is 3.07. The third-order valence-corrected chi connectivity index (χ3v) is 6.38. The second-order valence-corrected chi connectivity index (χ2v) is 8.06. The standard InChI is InChI=1S/C21H28N6O/c1-3-22-21(26-12-16-17(13-26)19-6-5-18(16)28-19)25-11-15-4-7-20(24-10-15)27-9-8-23-14(27)2/h4,7-10,16-19H,3,5-6,11-13H2,1-2H3,(H,22,25). The number of guanidine groups is 1. The maximum absolute atomic E-state index is 6.11. The number of rotatable bonds is 4. The number of nitrogens with one attached hydrogen (secondary N) is 1. The number of aryl methyl sites for hydroxylation is 1. The lowest BCUT2D eigenvalue weighted by atomic mass is 9.82. The Balaban J connectivity index is 1.28. The van der Waals surface area contributed by atoms with Crippen molar-refractivity contribution in [1.82, 2.24) is 24.8 Å². The van der Waals surface area contributed by atoms with Gasteiger partial charge < -0.3 is 15.0 Å². The van der Waals surface area contributed by atoms with E-state index in [1.165, 1.54) is 12.8 Å². The normalized spacial score (nSPS) is 28.8. The largest absolute Gasteiger partial charge is 0.374 e. The Hall–Kier alpha value is -2.41. The minimum absolute atomic E-state index is 0.478. The van der Waals surface area contributed by atoms with Crippen LogP contribution in [0.15, 0.2) is 35.7 Å². The van der Waals surface area contributed by atoms with Crippen LogP contribution in [0.25, 0.3) is 5.82 Å². The molecule has 3 aliphatic heterocycles. The number of ether oxygens (including phenoxy) is 1. The molecule has 3 fully saturated rings. The van der Waals surface area contributed by atoms with E-state index in [-0.39, 0.29) is 0 Å². The molecular weight excluding hydrogens is 352 g/mol. The molecule has 0 aliphatic carbocycles. The molecule has 28 heavy (non-hydrogen) atoms. The van der Waals surface area contributed by atoms with Crippen LogP contribution in [0.3, 0.4) is 0 Å². The number of imidazole rings is 1. The Labute approximate surface area is 165 Å². The summed E-state index contributed by atoms with van der Waals surface area (Å²) in [5.41, 5.74) is 1.11. The zero-order chi connectivity index (χ0) is 19.1. The van der Waals surface area contributed by atoms with Crippen LogP contribution < -0.4 is 5.32 Å². The first-order chi connectivity index (χ1) is 13.7. The molecule has 2 aromatic heterocycles. The number of fused-ring (bicyclic) bond motifs is 5. The van der Waals surface area contributed by atoms with Crippen molar-refractivity contribution in [3.05, 3.63) is 42.1 Å². The van der Waals surface area contributed by atoms with Crippen molar-refractivity contribution < 1.29 is 4.74 Å². The summed E-state index contributed by atoms with van der Waals surface area (Å²) in [7, 11) is 0. The number of aliphatic imine (C=N–C) groups is 1. The van der Waals surface area contributed by atoms with Crippen molar-refractivity contribution in [1.29, 1.82) is 0 Å². The van der Waals surface area contributed by atoms with Gasteiger partial charge in [0.2, 0.25) is 0 Å². The Morgan fingerprint density at radius 3 is 2.61 bits per heavy atom. The van der Waals surface area contributed by atoms with Gasteiger partial charge in [-0.25, -0.2) is 15.0 Å². The molecular formula is C21H28N6O. The van der Waals surface area contributed by atoms with Gasteiger partial charge in [-0.3, -0.25) is 4.57 Å². The van der Waals surface area contributed by atoms with Gasteiger partial charge in [0.15, 0.2) is 5.96 Å². The van der Waals surface area contributed by atoms with Crippen LogP contribution in [-0.2, 0) is 11.3 Å². The van der Waals surface area contributed by atoms with E-state index in [4.69, 9.17) is 9.73 Å². The van der Waals surface area contributed by atoms with Crippen molar-refractivity contribution in [2.45, 2.75) is 45.4 Å². The highest BCUT2D eigenvalue weighted by Gasteiger charge is 2.53. The highest BCUT2D eigenvalue weighted by molar-refractivity contribution is 5.80. The molecule has 1 N–H and O–H groups in total. The Morgan fingerprint density at radius 1 is 1.21 bits per heavy atom. The lowest BCUT2D eigenvalue weighted by Gasteiger charge is -2.23. The smallest absolute Gasteiger partial charge is 0.194 e. The van der Waals surface area contributed by atoms with Crippen molar-refractivity contribution in [3.8, 4) is 5.82 Å². The lowest BCUT2D eigenvalue weighted by molar-refractivity contribution is 0.0767. The number of pyridine rings is 1. The number of hydrogen-bond donors (Lipinski definition) is 1. The lowest BCUT2D eigenvalue weighted by Crippen LogP contribution is -2.41. The quantitative estimate of drug-likeness (QED) is 0.650. The van der Waals surface area contributed by atoms with E-state index in [1.54, 1.807) is 6.20 Å². The summed E-state index contributed by atoms with van der Waals surface area (Å²) in [6.07, 6.45) is 9.07. The zero-order valence-corrected chi connectivity index (χ0v) is 16.6. The average molecular weight is 380 g/mol. The predicted molar refractivity (Wildman–Crippen MR) is 107 cm³/mol. The number of hydrogen-bond acceptors (Lipinski definition) is 4. The number of aromatic nitrogens is 3. The number of likely N-dealkylation sites (tertiary alicyclic amines) is 1. The summed E-state index contributed by atoms with van der Waals surface area (Å²) in [6, 6.07) is 4.13. The molecule has 2 bridgehead atoms. The van der Waals surface area contributed by atoms with Crippen LogP contribution in [-0.4, -0.2) is 57.2 Å². The Bertz CT molecular complexity index is 842. The molecule has 0 amide bonds. The molecule has 0 saturated carbocycles. The Kier molecular flexibility index (Phi) is 4.55. The SMILES string of the molecule is CCNC(=NCc1ccc(-n2ccnc2C)nc1)N1CC2C3CCC(O3)C2C1. The molecule has 7 nitrogen and oxygen atoms in total. The Morgan fingerprint density at radius 2 is 2.00 bits per heavy atom. The van der Waals surface area contributed by atoms with Gasteiger partial charge in [-0.2, -0.15) is 0 Å². The molecule has 0 radical (unpaired) electrons. The van der Waals surface area contributed by atoms with E-state index < -0.39 is 0 Å². The summed E-state index contributed by atoms with van der Waals surface area (Å²) >= 11 is 0. The van der Waals surface area contributed by atoms with Crippen LogP contribution in [0.4, 0.5) is 0 Å². The maximum atomic E-state index is 6.11. The molecule has 3 saturated heterocycles. The predicted octanol–water partition coefficient (Wildman–Crippen LogP) is 2.15. The summed E-state index contributed by atoms with van der Waals surface area (Å²) in [5, 5.41) is 3.48. The molecule has 0 aromatic carbocycles. The monoisotopic (exact) mass is 380 g/mol. The molecule has 7 heteroatoms. The minimum atomic E-state index is 0.478. The van der Waals surface area contributed by atoms with Gasteiger partial charge in [-0.1, -0.05) is 6.07 Å². The molecule has 148 valence electrons. The summed E-state index contributed by atoms with van der Waals surface area (Å²) in [5.74, 6) is 4.21. The van der Waals surface area contributed by atoms with Gasteiger partial charge in [0, 0.05) is 50.1 Å². The molecule has 4 unspecified atom stereocenters. The summed E-state index contributed by atoms with van der Waals surface area (Å²) in [6.45, 7) is 7.75. The minimum Gasteiger partial charge on any atom is -0.374 e. The molecule has 5 heterocycles. The van der Waals surface area contributed by atoms with Crippen LogP contribution in [0.1, 0.15) is 31.2 Å². The fourth-order valence-electron chi connectivity index (χ4n) is 5.00. The zero-order valence-electron chi connectivity index (χ0n) is 16.6. The van der Waals surface area contributed by atoms with Crippen LogP contribution in [0.5, 0.6) is 0 Å². The van der Waals surface area contributed by atoms with Gasteiger partial charge in [0.25, 0.3) is 0 Å². The van der Waals surface area contributed by atoms with Gasteiger partial charge in [-0.05, 0) is 38.3 Å². The second-order valence-electron chi connectivity index (χ2n) is 8.06. The van der Waals surface area contributed by atoms with Gasteiger partial charge >= 0.3 is 0 Å². The molecule has 3 aliphatic rings. The van der Waals surface area contributed by atoms with E-state index in [0.29, 0.717) is 30.6 Å². The fourth-order valence-corrected chi connectivity index (χ4v) is 5.00.